The normalized spacial score (nSPS) is 10.3. The van der Waals surface area contributed by atoms with Crippen LogP contribution in [0.4, 0.5) is 5.69 Å². The second-order valence-corrected chi connectivity index (χ2v) is 3.79. The number of carbonyl (C=O) groups is 1. The maximum Gasteiger partial charge on any atom is 0.340 e. The lowest BCUT2D eigenvalue weighted by molar-refractivity contribution is 0.0601. The van der Waals surface area contributed by atoms with Crippen molar-refractivity contribution in [3.8, 4) is 0 Å². The van der Waals surface area contributed by atoms with Crippen LogP contribution >= 0.6 is 22.6 Å². The molecule has 0 spiro atoms. The number of aliphatic imine (C=N–C) groups is 1. The van der Waals surface area contributed by atoms with E-state index in [1.54, 1.807) is 23.7 Å². The number of esters is 1. The van der Waals surface area contributed by atoms with E-state index in [2.05, 4.69) is 32.3 Å². The number of hydroxylamine groups is 1. The molecule has 0 aliphatic rings. The first-order chi connectivity index (χ1) is 7.19. The van der Waals surface area contributed by atoms with Crippen molar-refractivity contribution in [3.05, 3.63) is 27.3 Å². The first kappa shape index (κ1) is 11.9. The van der Waals surface area contributed by atoms with Crippen LogP contribution in [-0.2, 0) is 4.74 Å². The first-order valence-corrected chi connectivity index (χ1v) is 5.07. The van der Waals surface area contributed by atoms with Gasteiger partial charge in [0.1, 0.15) is 6.34 Å². The van der Waals surface area contributed by atoms with Crippen LogP contribution in [0.25, 0.3) is 0 Å². The van der Waals surface area contributed by atoms with Gasteiger partial charge in [-0.1, -0.05) is 0 Å². The molecule has 0 atom stereocenters. The van der Waals surface area contributed by atoms with E-state index in [-0.39, 0.29) is 0 Å². The summed E-state index contributed by atoms with van der Waals surface area (Å²) in [6.07, 6.45) is 1.08. The summed E-state index contributed by atoms with van der Waals surface area (Å²) in [6.45, 7) is 0. The van der Waals surface area contributed by atoms with Crippen molar-refractivity contribution in [2.75, 3.05) is 7.11 Å². The third-order valence-electron chi connectivity index (χ3n) is 1.63. The third-order valence-corrected chi connectivity index (χ3v) is 2.30. The Kier molecular flexibility index (Phi) is 4.50. The summed E-state index contributed by atoms with van der Waals surface area (Å²) in [5.41, 5.74) is 2.56. The summed E-state index contributed by atoms with van der Waals surface area (Å²) >= 11 is 2.08. The van der Waals surface area contributed by atoms with Gasteiger partial charge in [0.25, 0.3) is 0 Å². The Bertz CT molecular complexity index is 393. The quantitative estimate of drug-likeness (QED) is 0.292. The molecule has 0 aromatic heterocycles. The van der Waals surface area contributed by atoms with Crippen molar-refractivity contribution < 1.29 is 14.7 Å². The molecule has 1 rings (SSSR count). The number of carbonyl (C=O) groups excluding carboxylic acids is 1. The molecule has 0 unspecified atom stereocenters. The minimum absolute atomic E-state index is 0.357. The third kappa shape index (κ3) is 3.17. The molecule has 0 fully saturated rings. The van der Waals surface area contributed by atoms with Crippen molar-refractivity contribution in [2.24, 2.45) is 4.99 Å². The average Bonchev–Trinajstić information content (AvgIpc) is 2.26. The lowest BCUT2D eigenvalue weighted by Gasteiger charge is -2.03. The van der Waals surface area contributed by atoms with E-state index in [4.69, 9.17) is 5.21 Å². The number of methoxy groups -OCH3 is 1. The summed E-state index contributed by atoms with van der Waals surface area (Å²) in [5, 5.41) is 8.35. The number of nitrogens with zero attached hydrogens (tertiary/aromatic N) is 1. The second kappa shape index (κ2) is 5.66. The number of ether oxygens (including phenoxy) is 1. The van der Waals surface area contributed by atoms with Crippen molar-refractivity contribution in [3.63, 3.8) is 0 Å². The molecular weight excluding hydrogens is 311 g/mol. The van der Waals surface area contributed by atoms with Gasteiger partial charge in [0.05, 0.1) is 18.4 Å². The zero-order chi connectivity index (χ0) is 11.3. The Balaban J connectivity index is 3.14. The monoisotopic (exact) mass is 320 g/mol. The van der Waals surface area contributed by atoms with Crippen molar-refractivity contribution in [1.29, 1.82) is 0 Å². The Morgan fingerprint density at radius 1 is 1.67 bits per heavy atom. The van der Waals surface area contributed by atoms with E-state index in [1.807, 2.05) is 0 Å². The predicted molar refractivity (Wildman–Crippen MR) is 63.6 cm³/mol. The molecule has 0 heterocycles. The van der Waals surface area contributed by atoms with Gasteiger partial charge in [-0.2, -0.15) is 0 Å². The largest absolute Gasteiger partial charge is 0.465 e. The smallest absolute Gasteiger partial charge is 0.340 e. The summed E-state index contributed by atoms with van der Waals surface area (Å²) in [6, 6.07) is 5.13. The lowest BCUT2D eigenvalue weighted by Crippen LogP contribution is -2.04. The van der Waals surface area contributed by atoms with Gasteiger partial charge < -0.3 is 4.74 Å². The van der Waals surface area contributed by atoms with Crippen molar-refractivity contribution in [2.45, 2.75) is 0 Å². The van der Waals surface area contributed by atoms with E-state index in [1.165, 1.54) is 7.11 Å². The Morgan fingerprint density at radius 2 is 2.40 bits per heavy atom. The predicted octanol–water partition coefficient (Wildman–Crippen LogP) is 1.72. The topological polar surface area (TPSA) is 70.9 Å². The first-order valence-electron chi connectivity index (χ1n) is 3.99. The van der Waals surface area contributed by atoms with Gasteiger partial charge in [0, 0.05) is 3.57 Å². The molecule has 0 amide bonds. The van der Waals surface area contributed by atoms with E-state index in [0.717, 1.165) is 9.91 Å². The summed E-state index contributed by atoms with van der Waals surface area (Å²) in [5.74, 6) is -0.460. The molecule has 1 aromatic rings. The zero-order valence-electron chi connectivity index (χ0n) is 7.90. The summed E-state index contributed by atoms with van der Waals surface area (Å²) in [4.78, 5) is 15.2. The number of hydrogen-bond donors (Lipinski definition) is 2. The number of nitrogens with one attached hydrogen (secondary N) is 1. The van der Waals surface area contributed by atoms with Crippen LogP contribution in [0.5, 0.6) is 0 Å². The highest BCUT2D eigenvalue weighted by Gasteiger charge is 2.11. The standard InChI is InChI=1S/C9H9IN2O3/c1-15-9(13)7-4-6(10)2-3-8(7)11-5-12-14/h2-5,14H,1H3,(H,11,12). The Morgan fingerprint density at radius 3 is 3.00 bits per heavy atom. The lowest BCUT2D eigenvalue weighted by atomic mass is 10.2. The van der Waals surface area contributed by atoms with E-state index >= 15 is 0 Å². The van der Waals surface area contributed by atoms with Crippen LogP contribution in [0.1, 0.15) is 10.4 Å². The number of benzene rings is 1. The fraction of sp³-hybridized carbons (Fsp3) is 0.111. The van der Waals surface area contributed by atoms with E-state index in [9.17, 15) is 4.79 Å². The SMILES string of the molecule is COC(=O)c1cc(I)ccc1N=CNO. The molecule has 0 aliphatic carbocycles. The van der Waals surface area contributed by atoms with Crippen LogP contribution in [-0.4, -0.2) is 24.6 Å². The molecular formula is C9H9IN2O3. The molecule has 0 saturated heterocycles. The zero-order valence-corrected chi connectivity index (χ0v) is 10.1. The van der Waals surface area contributed by atoms with Crippen molar-refractivity contribution in [1.82, 2.24) is 5.48 Å². The second-order valence-electron chi connectivity index (χ2n) is 2.54. The minimum atomic E-state index is -0.460. The van der Waals surface area contributed by atoms with Crippen LogP contribution in [0, 0.1) is 3.57 Å². The van der Waals surface area contributed by atoms with Gasteiger partial charge >= 0.3 is 5.97 Å². The highest BCUT2D eigenvalue weighted by Crippen LogP contribution is 2.22. The Hall–Kier alpha value is -1.15. The fourth-order valence-electron chi connectivity index (χ4n) is 0.993. The molecule has 2 N–H and O–H groups in total. The Labute approximate surface area is 100 Å². The maximum absolute atomic E-state index is 11.4. The van der Waals surface area contributed by atoms with Crippen LogP contribution < -0.4 is 5.48 Å². The van der Waals surface area contributed by atoms with Crippen LogP contribution in [0.2, 0.25) is 0 Å². The van der Waals surface area contributed by atoms with Crippen molar-refractivity contribution >= 4 is 40.6 Å². The number of rotatable bonds is 3. The molecule has 0 saturated carbocycles. The van der Waals surface area contributed by atoms with Gasteiger partial charge in [-0.25, -0.2) is 9.79 Å². The van der Waals surface area contributed by atoms with Gasteiger partial charge in [-0.15, -0.1) is 0 Å². The molecule has 0 aliphatic heterocycles. The van der Waals surface area contributed by atoms with Gasteiger partial charge in [-0.3, -0.25) is 10.7 Å². The van der Waals surface area contributed by atoms with Crippen LogP contribution in [0.15, 0.2) is 23.2 Å². The maximum atomic E-state index is 11.4. The van der Waals surface area contributed by atoms with Gasteiger partial charge in [0.2, 0.25) is 0 Å². The van der Waals surface area contributed by atoms with Gasteiger partial charge in [0.15, 0.2) is 0 Å². The molecule has 0 radical (unpaired) electrons. The van der Waals surface area contributed by atoms with Crippen LogP contribution in [0.3, 0.4) is 0 Å². The minimum Gasteiger partial charge on any atom is -0.465 e. The fourth-order valence-corrected chi connectivity index (χ4v) is 1.48. The summed E-state index contributed by atoms with van der Waals surface area (Å²) in [7, 11) is 1.31. The highest BCUT2D eigenvalue weighted by atomic mass is 127. The average molecular weight is 320 g/mol. The van der Waals surface area contributed by atoms with E-state index in [0.29, 0.717) is 11.3 Å². The molecule has 6 heteroatoms. The number of halogens is 1. The molecule has 80 valence electrons. The van der Waals surface area contributed by atoms with E-state index < -0.39 is 5.97 Å². The molecule has 1 aromatic carbocycles. The molecule has 5 nitrogen and oxygen atoms in total. The number of hydrogen-bond acceptors (Lipinski definition) is 4. The highest BCUT2D eigenvalue weighted by molar-refractivity contribution is 14.1. The molecule has 0 bridgehead atoms. The molecule has 15 heavy (non-hydrogen) atoms. The van der Waals surface area contributed by atoms with Gasteiger partial charge in [-0.05, 0) is 40.8 Å². The summed E-state index contributed by atoms with van der Waals surface area (Å²) < 4.78 is 5.52.